The number of carbonyl (C=O) groups excluding carboxylic acids is 2. The first-order chi connectivity index (χ1) is 14.3. The molecule has 1 aliphatic rings. The van der Waals surface area contributed by atoms with Gasteiger partial charge in [0, 0.05) is 31.9 Å². The summed E-state index contributed by atoms with van der Waals surface area (Å²) in [5.41, 5.74) is 0.444. The van der Waals surface area contributed by atoms with Gasteiger partial charge < -0.3 is 15.0 Å². The second-order valence-corrected chi connectivity index (χ2v) is 6.88. The Balaban J connectivity index is 1.58. The average molecular weight is 421 g/mol. The summed E-state index contributed by atoms with van der Waals surface area (Å²) < 4.78 is 42.9. The van der Waals surface area contributed by atoms with Gasteiger partial charge >= 0.3 is 6.61 Å². The first kappa shape index (κ1) is 21.6. The molecule has 2 amide bonds. The summed E-state index contributed by atoms with van der Waals surface area (Å²) in [7, 11) is 0. The van der Waals surface area contributed by atoms with Crippen molar-refractivity contribution in [2.45, 2.75) is 19.6 Å². The van der Waals surface area contributed by atoms with Gasteiger partial charge in [-0.15, -0.1) is 0 Å². The number of carbonyl (C=O) groups is 2. The van der Waals surface area contributed by atoms with Crippen molar-refractivity contribution >= 4 is 17.5 Å². The molecule has 0 aliphatic carbocycles. The molecule has 1 heterocycles. The van der Waals surface area contributed by atoms with Gasteiger partial charge in [0.05, 0.1) is 11.6 Å². The normalized spacial score (nSPS) is 15.7. The lowest BCUT2D eigenvalue weighted by molar-refractivity contribution is -0.121. The highest BCUT2D eigenvalue weighted by Crippen LogP contribution is 2.23. The molecule has 0 aromatic heterocycles. The minimum absolute atomic E-state index is 0.0724. The van der Waals surface area contributed by atoms with Crippen molar-refractivity contribution in [3.8, 4) is 5.75 Å². The molecule has 2 aromatic carbocycles. The van der Waals surface area contributed by atoms with E-state index in [1.54, 1.807) is 24.0 Å². The van der Waals surface area contributed by atoms with E-state index in [-0.39, 0.29) is 17.2 Å². The average Bonchev–Trinajstić information content (AvgIpc) is 2.73. The number of hydrogen-bond acceptors (Lipinski definition) is 4. The molecule has 6 nitrogen and oxygen atoms in total. The fourth-order valence-electron chi connectivity index (χ4n) is 3.30. The maximum Gasteiger partial charge on any atom is 0.387 e. The Hall–Kier alpha value is -3.07. The molecule has 1 N–H and O–H groups in total. The number of benzene rings is 2. The zero-order chi connectivity index (χ0) is 21.7. The predicted octanol–water partition coefficient (Wildman–Crippen LogP) is 3.21. The lowest BCUT2D eigenvalue weighted by Crippen LogP contribution is -2.54. The van der Waals surface area contributed by atoms with Crippen LogP contribution in [-0.4, -0.2) is 60.4 Å². The van der Waals surface area contributed by atoms with Crippen molar-refractivity contribution < 1.29 is 27.5 Å². The van der Waals surface area contributed by atoms with Crippen molar-refractivity contribution in [2.24, 2.45) is 0 Å². The molecule has 2 aromatic rings. The summed E-state index contributed by atoms with van der Waals surface area (Å²) in [5.74, 6) is -1.29. The molecular formula is C21H22F3N3O3. The van der Waals surface area contributed by atoms with Gasteiger partial charge in [-0.1, -0.05) is 18.2 Å². The van der Waals surface area contributed by atoms with Crippen LogP contribution in [0.25, 0.3) is 0 Å². The van der Waals surface area contributed by atoms with Crippen LogP contribution in [0.4, 0.5) is 18.9 Å². The molecule has 1 atom stereocenters. The van der Waals surface area contributed by atoms with Gasteiger partial charge in [0.2, 0.25) is 5.91 Å². The Kier molecular flexibility index (Phi) is 6.94. The molecule has 1 unspecified atom stereocenters. The van der Waals surface area contributed by atoms with Gasteiger partial charge in [-0.05, 0) is 37.3 Å². The third-order valence-electron chi connectivity index (χ3n) is 4.95. The molecule has 3 rings (SSSR count). The maximum absolute atomic E-state index is 13.3. The maximum atomic E-state index is 13.3. The van der Waals surface area contributed by atoms with Crippen molar-refractivity contribution in [1.29, 1.82) is 0 Å². The van der Waals surface area contributed by atoms with Gasteiger partial charge in [0.25, 0.3) is 5.91 Å². The summed E-state index contributed by atoms with van der Waals surface area (Å²) >= 11 is 0. The van der Waals surface area contributed by atoms with Crippen molar-refractivity contribution in [1.82, 2.24) is 9.80 Å². The van der Waals surface area contributed by atoms with E-state index in [2.05, 4.69) is 10.1 Å². The van der Waals surface area contributed by atoms with Crippen LogP contribution in [0.1, 0.15) is 17.3 Å². The fraction of sp³-hybridized carbons (Fsp3) is 0.333. The van der Waals surface area contributed by atoms with E-state index in [1.165, 1.54) is 36.4 Å². The van der Waals surface area contributed by atoms with Crippen LogP contribution in [0.3, 0.4) is 0 Å². The highest BCUT2D eigenvalue weighted by Gasteiger charge is 2.29. The van der Waals surface area contributed by atoms with E-state index in [0.29, 0.717) is 31.9 Å². The van der Waals surface area contributed by atoms with E-state index >= 15 is 0 Å². The number of alkyl halides is 2. The van der Waals surface area contributed by atoms with Crippen LogP contribution >= 0.6 is 0 Å². The van der Waals surface area contributed by atoms with Crippen molar-refractivity contribution in [2.75, 3.05) is 31.5 Å². The predicted molar refractivity (Wildman–Crippen MR) is 105 cm³/mol. The monoisotopic (exact) mass is 421 g/mol. The standard InChI is InChI=1S/C21H22F3N3O3/c1-14(19(28)25-16-6-4-5-15(22)13-16)26-9-11-27(12-10-26)20(29)17-7-2-3-8-18(17)30-21(23)24/h2-8,13-14,21H,9-12H2,1H3,(H,25,28). The lowest BCUT2D eigenvalue weighted by Gasteiger charge is -2.37. The largest absolute Gasteiger partial charge is 0.434 e. The Bertz CT molecular complexity index is 902. The molecule has 0 spiro atoms. The van der Waals surface area contributed by atoms with Gasteiger partial charge in [0.1, 0.15) is 11.6 Å². The number of hydrogen-bond donors (Lipinski definition) is 1. The quantitative estimate of drug-likeness (QED) is 0.778. The molecule has 0 radical (unpaired) electrons. The highest BCUT2D eigenvalue weighted by molar-refractivity contribution is 5.97. The fourth-order valence-corrected chi connectivity index (χ4v) is 3.30. The number of nitrogens with one attached hydrogen (secondary N) is 1. The number of para-hydroxylation sites is 1. The molecule has 1 aliphatic heterocycles. The Morgan fingerprint density at radius 3 is 2.40 bits per heavy atom. The minimum atomic E-state index is -3.02. The number of piperazine rings is 1. The minimum Gasteiger partial charge on any atom is -0.434 e. The Morgan fingerprint density at radius 2 is 1.73 bits per heavy atom. The van der Waals surface area contributed by atoms with E-state index in [4.69, 9.17) is 0 Å². The Morgan fingerprint density at radius 1 is 1.03 bits per heavy atom. The summed E-state index contributed by atoms with van der Waals surface area (Å²) in [5, 5.41) is 2.68. The van der Waals surface area contributed by atoms with E-state index in [0.717, 1.165) is 0 Å². The summed E-state index contributed by atoms with van der Waals surface area (Å²) in [6.07, 6.45) is 0. The lowest BCUT2D eigenvalue weighted by atomic mass is 10.1. The highest BCUT2D eigenvalue weighted by atomic mass is 19.3. The van der Waals surface area contributed by atoms with Crippen LogP contribution in [0, 0.1) is 5.82 Å². The van der Waals surface area contributed by atoms with Gasteiger partial charge in [-0.2, -0.15) is 8.78 Å². The number of amides is 2. The van der Waals surface area contributed by atoms with Gasteiger partial charge in [-0.25, -0.2) is 4.39 Å². The van der Waals surface area contributed by atoms with E-state index in [9.17, 15) is 22.8 Å². The molecule has 1 fully saturated rings. The van der Waals surface area contributed by atoms with Crippen LogP contribution < -0.4 is 10.1 Å². The number of rotatable bonds is 6. The second kappa shape index (κ2) is 9.62. The van der Waals surface area contributed by atoms with Gasteiger partial charge in [-0.3, -0.25) is 14.5 Å². The van der Waals surface area contributed by atoms with E-state index < -0.39 is 24.4 Å². The smallest absolute Gasteiger partial charge is 0.387 e. The topological polar surface area (TPSA) is 61.9 Å². The van der Waals surface area contributed by atoms with Crippen LogP contribution in [-0.2, 0) is 4.79 Å². The molecular weight excluding hydrogens is 399 g/mol. The SMILES string of the molecule is CC(C(=O)Nc1cccc(F)c1)N1CCN(C(=O)c2ccccc2OC(F)F)CC1. The molecule has 30 heavy (non-hydrogen) atoms. The molecule has 160 valence electrons. The van der Waals surface area contributed by atoms with Crippen LogP contribution in [0.15, 0.2) is 48.5 Å². The molecule has 0 saturated carbocycles. The number of nitrogens with zero attached hydrogens (tertiary/aromatic N) is 2. The first-order valence-corrected chi connectivity index (χ1v) is 9.48. The third-order valence-corrected chi connectivity index (χ3v) is 4.95. The molecule has 1 saturated heterocycles. The summed E-state index contributed by atoms with van der Waals surface area (Å²) in [6.45, 7) is 0.243. The zero-order valence-corrected chi connectivity index (χ0v) is 16.4. The first-order valence-electron chi connectivity index (χ1n) is 9.48. The molecule has 9 heteroatoms. The van der Waals surface area contributed by atoms with E-state index in [1.807, 2.05) is 4.90 Å². The number of ether oxygens (including phenoxy) is 1. The molecule has 0 bridgehead atoms. The van der Waals surface area contributed by atoms with Gasteiger partial charge in [0.15, 0.2) is 0 Å². The zero-order valence-electron chi connectivity index (χ0n) is 16.4. The second-order valence-electron chi connectivity index (χ2n) is 6.88. The van der Waals surface area contributed by atoms with Crippen LogP contribution in [0.2, 0.25) is 0 Å². The van der Waals surface area contributed by atoms with Crippen molar-refractivity contribution in [3.05, 3.63) is 59.9 Å². The summed E-state index contributed by atoms with van der Waals surface area (Å²) in [4.78, 5) is 28.7. The van der Waals surface area contributed by atoms with Crippen LogP contribution in [0.5, 0.6) is 5.75 Å². The Labute approximate surface area is 172 Å². The number of anilines is 1. The summed E-state index contributed by atoms with van der Waals surface area (Å²) in [6, 6.07) is 11.0. The van der Waals surface area contributed by atoms with Crippen molar-refractivity contribution in [3.63, 3.8) is 0 Å². The number of halogens is 3. The third kappa shape index (κ3) is 5.29.